The smallest absolute Gasteiger partial charge is 0.101 e. The molecule has 0 atom stereocenters. The Morgan fingerprint density at radius 1 is 1.42 bits per heavy atom. The van der Waals surface area contributed by atoms with Gasteiger partial charge in [0.2, 0.25) is 0 Å². The zero-order chi connectivity index (χ0) is 8.81. The SMILES string of the molecule is N#Cc1cncc(C#CCCl)c1. The number of hydrogen-bond donors (Lipinski definition) is 0. The van der Waals surface area contributed by atoms with Crippen molar-refractivity contribution in [3.8, 4) is 17.9 Å². The molecule has 1 aromatic heterocycles. The van der Waals surface area contributed by atoms with E-state index in [1.165, 1.54) is 6.20 Å². The van der Waals surface area contributed by atoms with Gasteiger partial charge in [0.15, 0.2) is 0 Å². The quantitative estimate of drug-likeness (QED) is 0.444. The molecule has 1 rings (SSSR count). The Morgan fingerprint density at radius 3 is 2.83 bits per heavy atom. The summed E-state index contributed by atoms with van der Waals surface area (Å²) in [5.74, 6) is 5.74. The molecule has 0 radical (unpaired) electrons. The molecule has 0 N–H and O–H groups in total. The molecule has 0 saturated heterocycles. The maximum absolute atomic E-state index is 8.52. The van der Waals surface area contributed by atoms with Gasteiger partial charge in [-0.2, -0.15) is 5.26 Å². The number of nitrogens with zero attached hydrogens (tertiary/aromatic N) is 2. The largest absolute Gasteiger partial charge is 0.262 e. The number of hydrogen-bond acceptors (Lipinski definition) is 2. The molecule has 0 aliphatic carbocycles. The van der Waals surface area contributed by atoms with Crippen molar-refractivity contribution < 1.29 is 0 Å². The van der Waals surface area contributed by atoms with E-state index in [0.29, 0.717) is 5.56 Å². The van der Waals surface area contributed by atoms with Gasteiger partial charge in [-0.15, -0.1) is 11.6 Å². The van der Waals surface area contributed by atoms with Crippen molar-refractivity contribution in [3.63, 3.8) is 0 Å². The first kappa shape index (κ1) is 8.59. The Hall–Kier alpha value is -1.51. The van der Waals surface area contributed by atoms with Gasteiger partial charge in [-0.25, -0.2) is 0 Å². The van der Waals surface area contributed by atoms with E-state index in [1.807, 2.05) is 6.07 Å². The lowest BCUT2D eigenvalue weighted by atomic mass is 10.2. The van der Waals surface area contributed by atoms with Gasteiger partial charge >= 0.3 is 0 Å². The van der Waals surface area contributed by atoms with Crippen LogP contribution in [-0.4, -0.2) is 10.9 Å². The standard InChI is InChI=1S/C9H5ClN2/c10-3-1-2-8-4-9(5-11)7-12-6-8/h4,6-7H,3H2. The minimum Gasteiger partial charge on any atom is -0.262 e. The molecule has 0 aliphatic rings. The fraction of sp³-hybridized carbons (Fsp3) is 0.111. The van der Waals surface area contributed by atoms with Crippen LogP contribution >= 0.6 is 11.6 Å². The summed E-state index contributed by atoms with van der Waals surface area (Å²) in [5.41, 5.74) is 1.23. The lowest BCUT2D eigenvalue weighted by Gasteiger charge is -1.88. The van der Waals surface area contributed by atoms with Crippen LogP contribution < -0.4 is 0 Å². The van der Waals surface area contributed by atoms with E-state index in [2.05, 4.69) is 16.8 Å². The highest BCUT2D eigenvalue weighted by molar-refractivity contribution is 6.19. The predicted octanol–water partition coefficient (Wildman–Crippen LogP) is 1.54. The number of alkyl halides is 1. The fourth-order valence-electron chi connectivity index (χ4n) is 0.705. The summed E-state index contributed by atoms with van der Waals surface area (Å²) in [7, 11) is 0. The number of pyridine rings is 1. The van der Waals surface area contributed by atoms with Gasteiger partial charge in [-0.3, -0.25) is 4.98 Å². The molecule has 3 heteroatoms. The van der Waals surface area contributed by atoms with E-state index in [0.717, 1.165) is 5.56 Å². The lowest BCUT2D eigenvalue weighted by Crippen LogP contribution is -1.81. The van der Waals surface area contributed by atoms with Crippen molar-refractivity contribution >= 4 is 11.6 Å². The normalized spacial score (nSPS) is 8.00. The first-order valence-corrected chi connectivity index (χ1v) is 3.80. The van der Waals surface area contributed by atoms with Crippen LogP contribution in [-0.2, 0) is 0 Å². The number of rotatable bonds is 0. The molecule has 0 aliphatic heterocycles. The molecule has 0 spiro atoms. The van der Waals surface area contributed by atoms with Crippen molar-refractivity contribution in [3.05, 3.63) is 29.6 Å². The summed E-state index contributed by atoms with van der Waals surface area (Å²) in [5, 5.41) is 8.52. The number of aromatic nitrogens is 1. The van der Waals surface area contributed by atoms with E-state index in [1.54, 1.807) is 12.3 Å². The van der Waals surface area contributed by atoms with E-state index in [9.17, 15) is 0 Å². The monoisotopic (exact) mass is 176 g/mol. The van der Waals surface area contributed by atoms with E-state index in [4.69, 9.17) is 16.9 Å². The van der Waals surface area contributed by atoms with Crippen LogP contribution in [0.5, 0.6) is 0 Å². The summed E-state index contributed by atoms with van der Waals surface area (Å²) in [4.78, 5) is 3.84. The van der Waals surface area contributed by atoms with Gasteiger partial charge in [-0.05, 0) is 6.07 Å². The predicted molar refractivity (Wildman–Crippen MR) is 46.6 cm³/mol. The van der Waals surface area contributed by atoms with E-state index < -0.39 is 0 Å². The molecule has 12 heavy (non-hydrogen) atoms. The van der Waals surface area contributed by atoms with Crippen molar-refractivity contribution in [2.75, 3.05) is 5.88 Å². The van der Waals surface area contributed by atoms with Crippen LogP contribution in [0.15, 0.2) is 18.5 Å². The topological polar surface area (TPSA) is 36.7 Å². The zero-order valence-corrected chi connectivity index (χ0v) is 6.97. The Morgan fingerprint density at radius 2 is 2.17 bits per heavy atom. The number of halogens is 1. The summed E-state index contributed by atoms with van der Waals surface area (Å²) in [6, 6.07) is 3.65. The summed E-state index contributed by atoms with van der Waals surface area (Å²) in [6.07, 6.45) is 3.09. The lowest BCUT2D eigenvalue weighted by molar-refractivity contribution is 1.29. The minimum absolute atomic E-state index is 0.288. The average molecular weight is 177 g/mol. The molecule has 0 bridgehead atoms. The first-order chi connectivity index (χ1) is 5.86. The van der Waals surface area contributed by atoms with Crippen molar-refractivity contribution in [2.24, 2.45) is 0 Å². The van der Waals surface area contributed by atoms with Crippen LogP contribution in [0.2, 0.25) is 0 Å². The molecular formula is C9H5ClN2. The molecule has 0 saturated carbocycles. The second kappa shape index (κ2) is 4.38. The Labute approximate surface area is 75.8 Å². The molecule has 0 unspecified atom stereocenters. The van der Waals surface area contributed by atoms with Crippen molar-refractivity contribution in [2.45, 2.75) is 0 Å². The minimum atomic E-state index is 0.288. The third-order valence-electron chi connectivity index (χ3n) is 1.17. The first-order valence-electron chi connectivity index (χ1n) is 3.27. The van der Waals surface area contributed by atoms with Crippen molar-refractivity contribution in [1.29, 1.82) is 5.26 Å². The fourth-order valence-corrected chi connectivity index (χ4v) is 0.772. The van der Waals surface area contributed by atoms with Crippen LogP contribution in [0.1, 0.15) is 11.1 Å². The third-order valence-corrected chi connectivity index (χ3v) is 1.30. The second-order valence-electron chi connectivity index (χ2n) is 2.01. The van der Waals surface area contributed by atoms with Gasteiger partial charge < -0.3 is 0 Å². The number of nitriles is 1. The zero-order valence-electron chi connectivity index (χ0n) is 6.21. The second-order valence-corrected chi connectivity index (χ2v) is 2.28. The maximum Gasteiger partial charge on any atom is 0.101 e. The summed E-state index contributed by atoms with van der Waals surface area (Å²) < 4.78 is 0. The summed E-state index contributed by atoms with van der Waals surface area (Å²) in [6.45, 7) is 0. The highest BCUT2D eigenvalue weighted by atomic mass is 35.5. The highest BCUT2D eigenvalue weighted by Gasteiger charge is 1.90. The third kappa shape index (κ3) is 2.27. The molecule has 0 amide bonds. The molecule has 1 aromatic rings. The van der Waals surface area contributed by atoms with E-state index >= 15 is 0 Å². The Kier molecular flexibility index (Phi) is 3.14. The van der Waals surface area contributed by atoms with Crippen LogP contribution in [0, 0.1) is 23.2 Å². The molecule has 2 nitrogen and oxygen atoms in total. The van der Waals surface area contributed by atoms with Crippen LogP contribution in [0.25, 0.3) is 0 Å². The van der Waals surface area contributed by atoms with Gasteiger partial charge in [0.1, 0.15) is 6.07 Å². The average Bonchev–Trinajstić information content (AvgIpc) is 2.15. The molecule has 0 aromatic carbocycles. The molecule has 0 fully saturated rings. The van der Waals surface area contributed by atoms with E-state index in [-0.39, 0.29) is 5.88 Å². The van der Waals surface area contributed by atoms with Gasteiger partial charge in [-0.1, -0.05) is 11.8 Å². The molecule has 1 heterocycles. The maximum atomic E-state index is 8.52. The van der Waals surface area contributed by atoms with Gasteiger partial charge in [0.05, 0.1) is 11.4 Å². The summed E-state index contributed by atoms with van der Waals surface area (Å²) >= 11 is 5.37. The van der Waals surface area contributed by atoms with Crippen molar-refractivity contribution in [1.82, 2.24) is 4.98 Å². The Balaban J connectivity index is 2.96. The highest BCUT2D eigenvalue weighted by Crippen LogP contribution is 1.98. The van der Waals surface area contributed by atoms with Gasteiger partial charge in [0, 0.05) is 18.0 Å². The van der Waals surface area contributed by atoms with Gasteiger partial charge in [0.25, 0.3) is 0 Å². The Bertz CT molecular complexity index is 368. The molecule has 58 valence electrons. The molecular weight excluding hydrogens is 172 g/mol. The van der Waals surface area contributed by atoms with Crippen LogP contribution in [0.4, 0.5) is 0 Å². The van der Waals surface area contributed by atoms with Crippen LogP contribution in [0.3, 0.4) is 0 Å².